The molecule has 0 aromatic heterocycles. The van der Waals surface area contributed by atoms with Gasteiger partial charge in [-0.05, 0) is 135 Å². The standard InChI is InChI=1S/C81H136O17P2/c1-5-9-13-17-21-25-29-32-35-36-37-38-41-43-47-50-54-58-62-66-79(84)91-71-76(97-80(85)67-63-59-55-51-45-28-24-20-16-12-8-4)73-95-99(87,88)93-69-75(82)70-94-100(89,90)96-74-77(98-81(86)68-64-60-56-52-48-44-40-34-31-27-23-19-15-11-7-3)72-92-78(83)65-61-57-53-49-46-42-39-33-30-26-22-18-14-10-6-2/h9-11,13-15,21-23,25-27,32-35,37-40,43,47,75-77,82H,5-8,12,16-20,24,28-31,36,41-42,44-46,48-74H2,1-4H3,(H,87,88)(H,89,90)/b13-9-,14-10-,15-11-,25-21-,26-22-,27-23-,35-32-,38-37-,39-33-,40-34-,47-43-. The lowest BCUT2D eigenvalue weighted by Crippen LogP contribution is -2.30. The van der Waals surface area contributed by atoms with E-state index >= 15 is 0 Å². The lowest BCUT2D eigenvalue weighted by atomic mass is 10.1. The number of rotatable bonds is 71. The molecule has 0 aromatic rings. The molecule has 17 nitrogen and oxygen atoms in total. The Labute approximate surface area is 605 Å². The second-order valence-electron chi connectivity index (χ2n) is 25.2. The summed E-state index contributed by atoms with van der Waals surface area (Å²) in [6.07, 6.45) is 80.1. The van der Waals surface area contributed by atoms with Gasteiger partial charge in [-0.3, -0.25) is 37.3 Å². The van der Waals surface area contributed by atoms with Gasteiger partial charge in [0.05, 0.1) is 26.4 Å². The number of aliphatic hydroxyl groups excluding tert-OH is 1. The van der Waals surface area contributed by atoms with Crippen LogP contribution in [0.25, 0.3) is 0 Å². The second-order valence-corrected chi connectivity index (χ2v) is 28.1. The average molecular weight is 1440 g/mol. The molecule has 0 heterocycles. The van der Waals surface area contributed by atoms with Crippen molar-refractivity contribution in [2.45, 2.75) is 316 Å². The van der Waals surface area contributed by atoms with Crippen LogP contribution in [0.5, 0.6) is 0 Å². The third-order valence-corrected chi connectivity index (χ3v) is 17.5. The third-order valence-electron chi connectivity index (χ3n) is 15.6. The number of carbonyl (C=O) groups excluding carboxylic acids is 4. The van der Waals surface area contributed by atoms with Crippen molar-refractivity contribution in [3.8, 4) is 0 Å². The maximum absolute atomic E-state index is 13.1. The molecular weight excluding hydrogens is 1310 g/mol. The molecule has 572 valence electrons. The molecule has 0 aliphatic heterocycles. The minimum atomic E-state index is -4.99. The number of allylic oxidation sites excluding steroid dienone is 22. The molecule has 3 N–H and O–H groups in total. The van der Waals surface area contributed by atoms with Crippen molar-refractivity contribution in [1.29, 1.82) is 0 Å². The van der Waals surface area contributed by atoms with E-state index in [1.54, 1.807) is 0 Å². The van der Waals surface area contributed by atoms with Crippen LogP contribution in [0.4, 0.5) is 0 Å². The molecule has 0 amide bonds. The molecule has 0 saturated heterocycles. The van der Waals surface area contributed by atoms with Crippen LogP contribution in [0.3, 0.4) is 0 Å². The first kappa shape index (κ1) is 95.2. The van der Waals surface area contributed by atoms with Gasteiger partial charge in [-0.15, -0.1) is 0 Å². The molecule has 0 fully saturated rings. The molecule has 0 aliphatic rings. The Bertz CT molecular complexity index is 2420. The quantitative estimate of drug-likeness (QED) is 0.0169. The summed E-state index contributed by atoms with van der Waals surface area (Å²) >= 11 is 0. The van der Waals surface area contributed by atoms with Crippen LogP contribution in [-0.4, -0.2) is 96.7 Å². The van der Waals surface area contributed by atoms with Crippen molar-refractivity contribution < 1.29 is 80.2 Å². The van der Waals surface area contributed by atoms with Crippen molar-refractivity contribution >= 4 is 39.5 Å². The number of unbranched alkanes of at least 4 members (excludes halogenated alkanes) is 23. The minimum absolute atomic E-state index is 0.0683. The molecule has 5 unspecified atom stereocenters. The number of aliphatic hydroxyl groups is 1. The van der Waals surface area contributed by atoms with Gasteiger partial charge in [0.15, 0.2) is 12.2 Å². The summed E-state index contributed by atoms with van der Waals surface area (Å²) in [6.45, 7) is 4.45. The molecule has 0 aromatic carbocycles. The summed E-state index contributed by atoms with van der Waals surface area (Å²) in [5.41, 5.74) is 0. The second kappa shape index (κ2) is 72.5. The fourth-order valence-corrected chi connectivity index (χ4v) is 11.4. The Hall–Kier alpha value is -4.80. The summed E-state index contributed by atoms with van der Waals surface area (Å²) in [5, 5.41) is 10.6. The SMILES string of the molecule is CC/C=C\C/C=C\C/C=C\C/C=C\C/C=C\CCCCCC(=O)OCC(COP(=O)(O)OCC(O)COP(=O)(O)OCC(COC(=O)CCCCCCC/C=C\C/C=C\C/C=C\CC)OC(=O)CCCCCCC/C=C\C/C=C\C/C=C\CC)OC(=O)CCCCCCCCCCCCC. The summed E-state index contributed by atoms with van der Waals surface area (Å²) in [7, 11) is -9.97. The number of phosphoric acid groups is 2. The van der Waals surface area contributed by atoms with Gasteiger partial charge in [-0.25, -0.2) is 9.13 Å². The largest absolute Gasteiger partial charge is 0.472 e. The molecule has 0 saturated carbocycles. The Balaban J connectivity index is 5.37. The first-order chi connectivity index (χ1) is 48.7. The molecule has 0 spiro atoms. The first-order valence-electron chi connectivity index (χ1n) is 38.4. The minimum Gasteiger partial charge on any atom is -0.462 e. The maximum atomic E-state index is 13.1. The lowest BCUT2D eigenvalue weighted by Gasteiger charge is -2.21. The smallest absolute Gasteiger partial charge is 0.462 e. The van der Waals surface area contributed by atoms with E-state index in [0.717, 1.165) is 180 Å². The highest BCUT2D eigenvalue weighted by Crippen LogP contribution is 2.45. The third kappa shape index (κ3) is 71.6. The van der Waals surface area contributed by atoms with E-state index in [9.17, 15) is 43.2 Å². The van der Waals surface area contributed by atoms with E-state index in [1.807, 2.05) is 0 Å². The molecular formula is C81H136O17P2. The van der Waals surface area contributed by atoms with Gasteiger partial charge >= 0.3 is 39.5 Å². The van der Waals surface area contributed by atoms with E-state index in [0.29, 0.717) is 25.7 Å². The number of carbonyl (C=O) groups is 4. The van der Waals surface area contributed by atoms with Crippen molar-refractivity contribution in [2.24, 2.45) is 0 Å². The average Bonchev–Trinajstić information content (AvgIpc) is 0.953. The van der Waals surface area contributed by atoms with Crippen LogP contribution < -0.4 is 0 Å². The van der Waals surface area contributed by atoms with Crippen LogP contribution >= 0.6 is 15.6 Å². The van der Waals surface area contributed by atoms with E-state index < -0.39 is 97.5 Å². The number of esters is 4. The highest BCUT2D eigenvalue weighted by Gasteiger charge is 2.30. The van der Waals surface area contributed by atoms with Crippen LogP contribution in [0, 0.1) is 0 Å². The topological polar surface area (TPSA) is 237 Å². The number of hydrogen-bond donors (Lipinski definition) is 3. The van der Waals surface area contributed by atoms with E-state index in [1.165, 1.54) is 38.5 Å². The Morgan fingerprint density at radius 2 is 0.520 bits per heavy atom. The van der Waals surface area contributed by atoms with Crippen LogP contribution in [0.1, 0.15) is 297 Å². The summed E-state index contributed by atoms with van der Waals surface area (Å²) in [6, 6.07) is 0. The van der Waals surface area contributed by atoms with Gasteiger partial charge < -0.3 is 33.8 Å². The van der Waals surface area contributed by atoms with Gasteiger partial charge in [0, 0.05) is 25.7 Å². The fourth-order valence-electron chi connectivity index (χ4n) is 9.86. The van der Waals surface area contributed by atoms with Crippen molar-refractivity contribution in [3.63, 3.8) is 0 Å². The molecule has 0 rings (SSSR count). The Morgan fingerprint density at radius 3 is 0.810 bits per heavy atom. The number of hydrogen-bond acceptors (Lipinski definition) is 15. The molecule has 0 bridgehead atoms. The normalized spacial score (nSPS) is 14.7. The van der Waals surface area contributed by atoms with E-state index in [4.69, 9.17) is 37.0 Å². The van der Waals surface area contributed by atoms with Crippen LogP contribution in [-0.2, 0) is 65.4 Å². The predicted octanol–water partition coefficient (Wildman–Crippen LogP) is 22.1. The summed E-state index contributed by atoms with van der Waals surface area (Å²) in [4.78, 5) is 72.9. The highest BCUT2D eigenvalue weighted by molar-refractivity contribution is 7.47. The van der Waals surface area contributed by atoms with E-state index in [2.05, 4.69) is 161 Å². The van der Waals surface area contributed by atoms with Crippen molar-refractivity contribution in [3.05, 3.63) is 134 Å². The van der Waals surface area contributed by atoms with Gasteiger partial charge in [0.25, 0.3) is 0 Å². The monoisotopic (exact) mass is 1440 g/mol. The van der Waals surface area contributed by atoms with E-state index in [-0.39, 0.29) is 25.7 Å². The van der Waals surface area contributed by atoms with Gasteiger partial charge in [-0.2, -0.15) is 0 Å². The molecule has 0 aliphatic carbocycles. The van der Waals surface area contributed by atoms with Gasteiger partial charge in [0.2, 0.25) is 0 Å². The van der Waals surface area contributed by atoms with Crippen molar-refractivity contribution in [1.82, 2.24) is 0 Å². The molecule has 19 heteroatoms. The van der Waals surface area contributed by atoms with Crippen LogP contribution in [0.15, 0.2) is 134 Å². The predicted molar refractivity (Wildman–Crippen MR) is 408 cm³/mol. The highest BCUT2D eigenvalue weighted by atomic mass is 31.2. The Morgan fingerprint density at radius 1 is 0.290 bits per heavy atom. The zero-order valence-electron chi connectivity index (χ0n) is 62.3. The Kier molecular flexibility index (Phi) is 69.1. The zero-order chi connectivity index (χ0) is 73.2. The summed E-state index contributed by atoms with van der Waals surface area (Å²) in [5.74, 6) is -2.25. The summed E-state index contributed by atoms with van der Waals surface area (Å²) < 4.78 is 68.4. The lowest BCUT2D eigenvalue weighted by molar-refractivity contribution is -0.161. The van der Waals surface area contributed by atoms with Gasteiger partial charge in [-0.1, -0.05) is 271 Å². The number of phosphoric ester groups is 2. The first-order valence-corrected chi connectivity index (χ1v) is 41.4. The van der Waals surface area contributed by atoms with Crippen molar-refractivity contribution in [2.75, 3.05) is 39.6 Å². The zero-order valence-corrected chi connectivity index (χ0v) is 64.1. The number of ether oxygens (including phenoxy) is 4. The van der Waals surface area contributed by atoms with Gasteiger partial charge in [0.1, 0.15) is 19.3 Å². The fraction of sp³-hybridized carbons (Fsp3) is 0.679. The maximum Gasteiger partial charge on any atom is 0.472 e. The molecule has 100 heavy (non-hydrogen) atoms. The molecule has 0 radical (unpaired) electrons. The van der Waals surface area contributed by atoms with Crippen LogP contribution in [0.2, 0.25) is 0 Å². The molecule has 5 atom stereocenters.